The van der Waals surface area contributed by atoms with E-state index in [1.54, 1.807) is 0 Å². The van der Waals surface area contributed by atoms with Gasteiger partial charge in [-0.3, -0.25) is 0 Å². The number of halogens is 2. The van der Waals surface area contributed by atoms with E-state index in [0.29, 0.717) is 19.8 Å². The van der Waals surface area contributed by atoms with Crippen LogP contribution in [0.2, 0.25) is 0 Å². The number of ether oxygens (including phenoxy) is 2. The summed E-state index contributed by atoms with van der Waals surface area (Å²) in [5.41, 5.74) is 3.11. The molecule has 0 saturated carbocycles. The van der Waals surface area contributed by atoms with Crippen molar-refractivity contribution in [3.63, 3.8) is 0 Å². The standard InChI is InChI=1S/C18H25Br2NO3/c1-5-6-15-12-16(22-8-7-17(19)20)11-14(4)18(15)23-9-10-24-21-13(2)3/h7,11-12H,5-6,8-10H2,1-4H3. The molecule has 1 rings (SSSR count). The van der Waals surface area contributed by atoms with E-state index in [2.05, 4.69) is 50.0 Å². The highest BCUT2D eigenvalue weighted by molar-refractivity contribution is 9.28. The van der Waals surface area contributed by atoms with Crippen LogP contribution in [0, 0.1) is 6.92 Å². The number of rotatable bonds is 10. The Kier molecular flexibility index (Phi) is 10.1. The molecule has 0 bridgehead atoms. The quantitative estimate of drug-likeness (QED) is 0.252. The minimum Gasteiger partial charge on any atom is -0.489 e. The van der Waals surface area contributed by atoms with Crippen LogP contribution in [-0.2, 0) is 11.3 Å². The molecular formula is C18H25Br2NO3. The summed E-state index contributed by atoms with van der Waals surface area (Å²) in [4.78, 5) is 5.18. The smallest absolute Gasteiger partial charge is 0.151 e. The van der Waals surface area contributed by atoms with Gasteiger partial charge in [0.25, 0.3) is 0 Å². The van der Waals surface area contributed by atoms with Crippen LogP contribution in [0.15, 0.2) is 26.8 Å². The lowest BCUT2D eigenvalue weighted by atomic mass is 10.0. The Hall–Kier alpha value is -1.01. The Balaban J connectivity index is 2.75. The van der Waals surface area contributed by atoms with Gasteiger partial charge in [0.1, 0.15) is 24.7 Å². The molecule has 0 aromatic heterocycles. The number of benzene rings is 1. The molecule has 0 amide bonds. The number of hydrogen-bond donors (Lipinski definition) is 0. The lowest BCUT2D eigenvalue weighted by molar-refractivity contribution is 0.106. The molecular weight excluding hydrogens is 438 g/mol. The molecule has 1 aromatic carbocycles. The molecule has 0 saturated heterocycles. The van der Waals surface area contributed by atoms with E-state index in [0.717, 1.165) is 44.6 Å². The zero-order valence-electron chi connectivity index (χ0n) is 14.7. The van der Waals surface area contributed by atoms with Crippen LogP contribution in [0.3, 0.4) is 0 Å². The van der Waals surface area contributed by atoms with Gasteiger partial charge in [0.2, 0.25) is 0 Å². The average Bonchev–Trinajstić information content (AvgIpc) is 2.48. The average molecular weight is 463 g/mol. The number of nitrogens with zero attached hydrogens (tertiary/aromatic N) is 1. The van der Waals surface area contributed by atoms with E-state index < -0.39 is 0 Å². The summed E-state index contributed by atoms with van der Waals surface area (Å²) >= 11 is 6.64. The van der Waals surface area contributed by atoms with Crippen LogP contribution < -0.4 is 9.47 Å². The van der Waals surface area contributed by atoms with Crippen molar-refractivity contribution in [1.82, 2.24) is 0 Å². The predicted octanol–water partition coefficient (Wildman–Crippen LogP) is 5.75. The lowest BCUT2D eigenvalue weighted by Crippen LogP contribution is -2.08. The van der Waals surface area contributed by atoms with Crippen LogP contribution in [0.4, 0.5) is 0 Å². The summed E-state index contributed by atoms with van der Waals surface area (Å²) in [5.74, 6) is 1.77. The van der Waals surface area contributed by atoms with Crippen molar-refractivity contribution in [3.05, 3.63) is 32.7 Å². The number of hydrogen-bond acceptors (Lipinski definition) is 4. The molecule has 4 nitrogen and oxygen atoms in total. The van der Waals surface area contributed by atoms with Gasteiger partial charge in [0.15, 0.2) is 6.61 Å². The molecule has 0 aliphatic carbocycles. The van der Waals surface area contributed by atoms with Crippen molar-refractivity contribution in [2.24, 2.45) is 5.16 Å². The molecule has 6 heteroatoms. The van der Waals surface area contributed by atoms with Crippen LogP contribution in [-0.4, -0.2) is 25.5 Å². The molecule has 0 heterocycles. The van der Waals surface area contributed by atoms with E-state index in [9.17, 15) is 0 Å². The number of oxime groups is 1. The molecule has 24 heavy (non-hydrogen) atoms. The van der Waals surface area contributed by atoms with E-state index in [1.165, 1.54) is 0 Å². The van der Waals surface area contributed by atoms with Crippen molar-refractivity contribution >= 4 is 37.6 Å². The Labute approximate surface area is 161 Å². The maximum Gasteiger partial charge on any atom is 0.151 e. The minimum absolute atomic E-state index is 0.429. The highest BCUT2D eigenvalue weighted by Gasteiger charge is 2.10. The summed E-state index contributed by atoms with van der Waals surface area (Å²) in [6.07, 6.45) is 3.90. The van der Waals surface area contributed by atoms with Gasteiger partial charge in [-0.05, 0) is 88.4 Å². The molecule has 1 aromatic rings. The van der Waals surface area contributed by atoms with Gasteiger partial charge in [0, 0.05) is 0 Å². The number of aryl methyl sites for hydroxylation is 2. The zero-order chi connectivity index (χ0) is 17.9. The first-order chi connectivity index (χ1) is 11.4. The van der Waals surface area contributed by atoms with Crippen LogP contribution >= 0.6 is 31.9 Å². The van der Waals surface area contributed by atoms with Crippen molar-refractivity contribution in [3.8, 4) is 11.5 Å². The molecule has 0 unspecified atom stereocenters. The third-order valence-electron chi connectivity index (χ3n) is 3.00. The first kappa shape index (κ1) is 21.0. The lowest BCUT2D eigenvalue weighted by Gasteiger charge is -2.16. The Morgan fingerprint density at radius 2 is 1.92 bits per heavy atom. The highest BCUT2D eigenvalue weighted by atomic mass is 79.9. The third kappa shape index (κ3) is 8.20. The largest absolute Gasteiger partial charge is 0.489 e. The maximum absolute atomic E-state index is 5.92. The predicted molar refractivity (Wildman–Crippen MR) is 107 cm³/mol. The molecule has 0 aliphatic heterocycles. The summed E-state index contributed by atoms with van der Waals surface area (Å²) in [6, 6.07) is 4.05. The van der Waals surface area contributed by atoms with Gasteiger partial charge in [0.05, 0.1) is 9.10 Å². The van der Waals surface area contributed by atoms with Gasteiger partial charge in [-0.15, -0.1) is 0 Å². The van der Waals surface area contributed by atoms with Crippen molar-refractivity contribution in [2.45, 2.75) is 40.5 Å². The molecule has 0 radical (unpaired) electrons. The van der Waals surface area contributed by atoms with E-state index >= 15 is 0 Å². The Bertz CT molecular complexity index is 578. The molecule has 0 N–H and O–H groups in total. The summed E-state index contributed by atoms with van der Waals surface area (Å²) in [7, 11) is 0. The first-order valence-electron chi connectivity index (χ1n) is 7.97. The normalized spacial score (nSPS) is 10.1. The molecule has 134 valence electrons. The topological polar surface area (TPSA) is 40.0 Å². The van der Waals surface area contributed by atoms with Gasteiger partial charge in [-0.1, -0.05) is 18.5 Å². The van der Waals surface area contributed by atoms with Crippen molar-refractivity contribution in [2.75, 3.05) is 19.8 Å². The fourth-order valence-corrected chi connectivity index (χ4v) is 2.38. The van der Waals surface area contributed by atoms with Crippen LogP contribution in [0.5, 0.6) is 11.5 Å². The fraction of sp³-hybridized carbons (Fsp3) is 0.500. The van der Waals surface area contributed by atoms with Gasteiger partial charge >= 0.3 is 0 Å². The molecule has 0 spiro atoms. The second-order valence-corrected chi connectivity index (χ2v) is 8.28. The van der Waals surface area contributed by atoms with Gasteiger partial charge in [-0.25, -0.2) is 0 Å². The zero-order valence-corrected chi connectivity index (χ0v) is 17.9. The third-order valence-corrected chi connectivity index (χ3v) is 3.65. The Morgan fingerprint density at radius 1 is 1.17 bits per heavy atom. The summed E-state index contributed by atoms with van der Waals surface area (Å²) in [6.45, 7) is 9.37. The molecule has 0 atom stereocenters. The van der Waals surface area contributed by atoms with Crippen LogP contribution in [0.25, 0.3) is 0 Å². The van der Waals surface area contributed by atoms with Crippen molar-refractivity contribution in [1.29, 1.82) is 0 Å². The second-order valence-electron chi connectivity index (χ2n) is 5.50. The van der Waals surface area contributed by atoms with Gasteiger partial charge in [-0.2, -0.15) is 0 Å². The second kappa shape index (κ2) is 11.5. The summed E-state index contributed by atoms with van der Waals surface area (Å²) < 4.78 is 12.6. The van der Waals surface area contributed by atoms with Crippen molar-refractivity contribution < 1.29 is 14.3 Å². The maximum atomic E-state index is 5.92. The van der Waals surface area contributed by atoms with E-state index in [-0.39, 0.29) is 0 Å². The first-order valence-corrected chi connectivity index (χ1v) is 9.56. The van der Waals surface area contributed by atoms with E-state index in [1.807, 2.05) is 32.9 Å². The highest BCUT2D eigenvalue weighted by Crippen LogP contribution is 2.30. The SMILES string of the molecule is CCCc1cc(OCC=C(Br)Br)cc(C)c1OCCON=C(C)C. The Morgan fingerprint density at radius 3 is 2.54 bits per heavy atom. The van der Waals surface area contributed by atoms with E-state index in [4.69, 9.17) is 14.3 Å². The minimum atomic E-state index is 0.429. The molecule has 0 fully saturated rings. The van der Waals surface area contributed by atoms with Gasteiger partial charge < -0.3 is 14.3 Å². The summed E-state index contributed by atoms with van der Waals surface area (Å²) in [5, 5.41) is 3.90. The van der Waals surface area contributed by atoms with Crippen LogP contribution in [0.1, 0.15) is 38.3 Å². The fourth-order valence-electron chi connectivity index (χ4n) is 2.11. The monoisotopic (exact) mass is 461 g/mol. The molecule has 0 aliphatic rings.